The van der Waals surface area contributed by atoms with Gasteiger partial charge in [0.2, 0.25) is 0 Å². The minimum absolute atomic E-state index is 0.168. The molecule has 0 fully saturated rings. The first-order valence-electron chi connectivity index (χ1n) is 13.3. The molecule has 0 aliphatic heterocycles. The van der Waals surface area contributed by atoms with Gasteiger partial charge in [0.1, 0.15) is 12.4 Å². The number of aromatic carboxylic acids is 1. The molecular weight excluding hydrogens is 482 g/mol. The number of rotatable bonds is 13. The van der Waals surface area contributed by atoms with E-state index < -0.39 is 11.9 Å². The van der Waals surface area contributed by atoms with Gasteiger partial charge in [-0.25, -0.2) is 4.79 Å². The van der Waals surface area contributed by atoms with Crippen molar-refractivity contribution < 1.29 is 24.5 Å². The molecule has 0 radical (unpaired) electrons. The van der Waals surface area contributed by atoms with E-state index in [2.05, 4.69) is 16.1 Å². The maximum absolute atomic E-state index is 11.5. The number of unbranched alkanes of at least 4 members (excludes halogenated alkanes) is 1. The average molecular weight is 520 g/mol. The SMILES string of the molecule is Cc1cc(COc2ccccc2CCN(CCCCC(=O)O)C2CCCc3cc(C(=O)O)ccc32)n(C)n1. The number of para-hydroxylation sites is 1. The number of hydrogen-bond donors (Lipinski definition) is 2. The topological polar surface area (TPSA) is 105 Å². The van der Waals surface area contributed by atoms with Gasteiger partial charge in [0.25, 0.3) is 0 Å². The highest BCUT2D eigenvalue weighted by Gasteiger charge is 2.26. The van der Waals surface area contributed by atoms with Crippen molar-refractivity contribution in [1.29, 1.82) is 0 Å². The van der Waals surface area contributed by atoms with Crippen LogP contribution in [0.4, 0.5) is 0 Å². The summed E-state index contributed by atoms with van der Waals surface area (Å²) in [6, 6.07) is 15.8. The van der Waals surface area contributed by atoms with Gasteiger partial charge in [-0.05, 0) is 92.9 Å². The Balaban J connectivity index is 1.50. The first-order chi connectivity index (χ1) is 18.3. The standard InChI is InChI=1S/C30H37N3O5/c1-21-18-25(32(2)31-21)20-38-28-11-4-3-8-22(28)15-17-33(16-6-5-12-29(34)35)27-10-7-9-23-19-24(30(36)37)13-14-26(23)27/h3-4,8,11,13-14,18-19,27H,5-7,9-10,12,15-17,20H2,1-2H3,(H,34,35)(H,36,37). The smallest absolute Gasteiger partial charge is 0.335 e. The van der Waals surface area contributed by atoms with Crippen LogP contribution in [0, 0.1) is 6.92 Å². The van der Waals surface area contributed by atoms with Crippen LogP contribution in [0.5, 0.6) is 5.75 Å². The predicted octanol–water partition coefficient (Wildman–Crippen LogP) is 5.18. The zero-order chi connectivity index (χ0) is 27.1. The van der Waals surface area contributed by atoms with Crippen LogP contribution in [-0.2, 0) is 31.3 Å². The highest BCUT2D eigenvalue weighted by molar-refractivity contribution is 5.88. The second-order valence-electron chi connectivity index (χ2n) is 10.1. The van der Waals surface area contributed by atoms with Gasteiger partial charge in [0.15, 0.2) is 0 Å². The van der Waals surface area contributed by atoms with Gasteiger partial charge in [-0.2, -0.15) is 5.10 Å². The lowest BCUT2D eigenvalue weighted by molar-refractivity contribution is -0.137. The summed E-state index contributed by atoms with van der Waals surface area (Å²) in [4.78, 5) is 25.0. The van der Waals surface area contributed by atoms with Gasteiger partial charge in [0, 0.05) is 26.1 Å². The van der Waals surface area contributed by atoms with Gasteiger partial charge >= 0.3 is 11.9 Å². The number of fused-ring (bicyclic) bond motifs is 1. The number of ether oxygens (including phenoxy) is 1. The molecule has 2 N–H and O–H groups in total. The number of aromatic nitrogens is 2. The van der Waals surface area contributed by atoms with E-state index in [1.807, 2.05) is 55.1 Å². The van der Waals surface area contributed by atoms with E-state index in [0.29, 0.717) is 18.6 Å². The van der Waals surface area contributed by atoms with E-state index in [0.717, 1.165) is 73.5 Å². The number of hydrogen-bond acceptors (Lipinski definition) is 5. The van der Waals surface area contributed by atoms with Crippen LogP contribution < -0.4 is 4.74 Å². The zero-order valence-corrected chi connectivity index (χ0v) is 22.2. The van der Waals surface area contributed by atoms with Crippen LogP contribution in [0.25, 0.3) is 0 Å². The van der Waals surface area contributed by atoms with Crippen LogP contribution >= 0.6 is 0 Å². The van der Waals surface area contributed by atoms with Crippen LogP contribution in [0.1, 0.15) is 76.6 Å². The van der Waals surface area contributed by atoms with Crippen molar-refractivity contribution in [3.8, 4) is 5.75 Å². The number of carboxylic acids is 2. The molecule has 0 spiro atoms. The molecule has 8 nitrogen and oxygen atoms in total. The number of carboxylic acid groups (broad SMARTS) is 2. The van der Waals surface area contributed by atoms with Crippen LogP contribution in [-0.4, -0.2) is 49.9 Å². The predicted molar refractivity (Wildman–Crippen MR) is 145 cm³/mol. The molecule has 0 saturated heterocycles. The minimum atomic E-state index is -0.904. The number of aryl methyl sites for hydroxylation is 3. The molecule has 38 heavy (non-hydrogen) atoms. The number of carbonyl (C=O) groups is 2. The highest BCUT2D eigenvalue weighted by atomic mass is 16.5. The van der Waals surface area contributed by atoms with Crippen molar-refractivity contribution in [2.24, 2.45) is 7.05 Å². The molecule has 1 aliphatic rings. The molecule has 0 saturated carbocycles. The number of aliphatic carboxylic acids is 1. The lowest BCUT2D eigenvalue weighted by atomic mass is 9.85. The molecule has 1 aliphatic carbocycles. The molecule has 0 bridgehead atoms. The van der Waals surface area contributed by atoms with Crippen LogP contribution in [0.2, 0.25) is 0 Å². The maximum atomic E-state index is 11.5. The van der Waals surface area contributed by atoms with Crippen molar-refractivity contribution in [3.63, 3.8) is 0 Å². The van der Waals surface area contributed by atoms with E-state index in [1.165, 1.54) is 5.56 Å². The van der Waals surface area contributed by atoms with Crippen molar-refractivity contribution in [2.75, 3.05) is 13.1 Å². The Hall–Kier alpha value is -3.65. The van der Waals surface area contributed by atoms with Crippen molar-refractivity contribution >= 4 is 11.9 Å². The highest BCUT2D eigenvalue weighted by Crippen LogP contribution is 2.35. The lowest BCUT2D eigenvalue weighted by Crippen LogP contribution is -2.34. The third-order valence-electron chi connectivity index (χ3n) is 7.31. The second-order valence-corrected chi connectivity index (χ2v) is 10.1. The Kier molecular flexibility index (Phi) is 9.18. The Morgan fingerprint density at radius 3 is 2.66 bits per heavy atom. The molecule has 1 aromatic heterocycles. The second kappa shape index (κ2) is 12.7. The molecule has 4 rings (SSSR count). The summed E-state index contributed by atoms with van der Waals surface area (Å²) in [5.74, 6) is -0.818. The monoisotopic (exact) mass is 519 g/mol. The normalized spacial score (nSPS) is 14.9. The third kappa shape index (κ3) is 7.01. The summed E-state index contributed by atoms with van der Waals surface area (Å²) in [6.45, 7) is 3.99. The van der Waals surface area contributed by atoms with E-state index in [-0.39, 0.29) is 12.5 Å². The molecule has 0 amide bonds. The molecule has 202 valence electrons. The summed E-state index contributed by atoms with van der Waals surface area (Å²) in [5.41, 5.74) is 5.71. The first-order valence-corrected chi connectivity index (χ1v) is 13.3. The Morgan fingerprint density at radius 1 is 1.11 bits per heavy atom. The lowest BCUT2D eigenvalue weighted by Gasteiger charge is -2.36. The fourth-order valence-electron chi connectivity index (χ4n) is 5.38. The molecule has 1 unspecified atom stereocenters. The molecule has 2 aromatic carbocycles. The fourth-order valence-corrected chi connectivity index (χ4v) is 5.38. The summed E-state index contributed by atoms with van der Waals surface area (Å²) in [6.07, 6.45) is 5.26. The van der Waals surface area contributed by atoms with E-state index in [1.54, 1.807) is 6.07 Å². The maximum Gasteiger partial charge on any atom is 0.335 e. The van der Waals surface area contributed by atoms with Gasteiger partial charge < -0.3 is 14.9 Å². The first kappa shape index (κ1) is 27.4. The van der Waals surface area contributed by atoms with Gasteiger partial charge in [-0.15, -0.1) is 0 Å². The molecular formula is C30H37N3O5. The van der Waals surface area contributed by atoms with Crippen LogP contribution in [0.3, 0.4) is 0 Å². The minimum Gasteiger partial charge on any atom is -0.487 e. The summed E-state index contributed by atoms with van der Waals surface area (Å²) < 4.78 is 8.05. The van der Waals surface area contributed by atoms with E-state index >= 15 is 0 Å². The largest absolute Gasteiger partial charge is 0.487 e. The average Bonchev–Trinajstić information content (AvgIpc) is 3.23. The van der Waals surface area contributed by atoms with Crippen molar-refractivity contribution in [2.45, 2.75) is 64.5 Å². The quantitative estimate of drug-likeness (QED) is 0.300. The zero-order valence-electron chi connectivity index (χ0n) is 22.2. The number of benzene rings is 2. The van der Waals surface area contributed by atoms with Crippen molar-refractivity contribution in [3.05, 3.63) is 82.2 Å². The summed E-state index contributed by atoms with van der Waals surface area (Å²) in [7, 11) is 1.92. The van der Waals surface area contributed by atoms with Gasteiger partial charge in [-0.1, -0.05) is 24.3 Å². The van der Waals surface area contributed by atoms with Gasteiger partial charge in [-0.3, -0.25) is 14.4 Å². The molecule has 8 heteroatoms. The van der Waals surface area contributed by atoms with Gasteiger partial charge in [0.05, 0.1) is 17.0 Å². The Labute approximate surface area is 223 Å². The van der Waals surface area contributed by atoms with E-state index in [9.17, 15) is 14.7 Å². The third-order valence-corrected chi connectivity index (χ3v) is 7.31. The van der Waals surface area contributed by atoms with Crippen molar-refractivity contribution in [1.82, 2.24) is 14.7 Å². The Morgan fingerprint density at radius 2 is 1.92 bits per heavy atom. The number of nitrogens with zero attached hydrogens (tertiary/aromatic N) is 3. The van der Waals surface area contributed by atoms with E-state index in [4.69, 9.17) is 9.84 Å². The molecule has 1 atom stereocenters. The summed E-state index contributed by atoms with van der Waals surface area (Å²) >= 11 is 0. The summed E-state index contributed by atoms with van der Waals surface area (Å²) in [5, 5.41) is 22.9. The van der Waals surface area contributed by atoms with Crippen LogP contribution in [0.15, 0.2) is 48.5 Å². The molecule has 3 aromatic rings. The fraction of sp³-hybridized carbons (Fsp3) is 0.433. The molecule has 1 heterocycles. The Bertz CT molecular complexity index is 1270.